The molecular formula is C16H29O. The predicted molar refractivity (Wildman–Crippen MR) is 71.5 cm³/mol. The maximum Gasteiger partial charge on any atom is 0.106 e. The zero-order valence-electron chi connectivity index (χ0n) is 11.4. The molecule has 0 N–H and O–H groups in total. The minimum Gasteiger partial charge on any atom is -0.229 e. The molecule has 2 aliphatic rings. The standard InChI is InChI=1S/C16H29O/c17-16(13-9-5-2-6-10-14-16)15-11-7-3-1-4-8-12-15/h15H,1-14H2. The first-order valence-electron chi connectivity index (χ1n) is 8.02. The number of hydrogen-bond acceptors (Lipinski definition) is 0. The van der Waals surface area contributed by atoms with Crippen LogP contribution in [0.4, 0.5) is 0 Å². The maximum atomic E-state index is 13.1. The normalized spacial score (nSPS) is 28.8. The topological polar surface area (TPSA) is 19.9 Å². The second-order valence-corrected chi connectivity index (χ2v) is 6.37. The summed E-state index contributed by atoms with van der Waals surface area (Å²) in [7, 11) is 0. The lowest BCUT2D eigenvalue weighted by molar-refractivity contribution is -0.103. The second kappa shape index (κ2) is 6.78. The van der Waals surface area contributed by atoms with Gasteiger partial charge < -0.3 is 0 Å². The van der Waals surface area contributed by atoms with Crippen molar-refractivity contribution in [3.63, 3.8) is 0 Å². The van der Waals surface area contributed by atoms with Crippen molar-refractivity contribution in [2.24, 2.45) is 5.92 Å². The van der Waals surface area contributed by atoms with E-state index < -0.39 is 5.60 Å². The zero-order valence-corrected chi connectivity index (χ0v) is 11.4. The van der Waals surface area contributed by atoms with E-state index in [2.05, 4.69) is 0 Å². The Morgan fingerprint density at radius 1 is 0.588 bits per heavy atom. The molecule has 0 aromatic rings. The van der Waals surface area contributed by atoms with Gasteiger partial charge in [0.15, 0.2) is 0 Å². The fourth-order valence-electron chi connectivity index (χ4n) is 3.89. The molecule has 0 atom stereocenters. The van der Waals surface area contributed by atoms with Crippen molar-refractivity contribution in [1.29, 1.82) is 0 Å². The lowest BCUT2D eigenvalue weighted by atomic mass is 9.72. The first kappa shape index (κ1) is 13.4. The molecule has 0 aromatic heterocycles. The van der Waals surface area contributed by atoms with Gasteiger partial charge in [0.05, 0.1) is 0 Å². The van der Waals surface area contributed by atoms with Crippen LogP contribution >= 0.6 is 0 Å². The van der Waals surface area contributed by atoms with Crippen molar-refractivity contribution in [2.45, 2.75) is 95.5 Å². The van der Waals surface area contributed by atoms with Gasteiger partial charge in [0.2, 0.25) is 0 Å². The summed E-state index contributed by atoms with van der Waals surface area (Å²) in [6, 6.07) is 0. The lowest BCUT2D eigenvalue weighted by Gasteiger charge is -2.36. The largest absolute Gasteiger partial charge is 0.229 e. The highest BCUT2D eigenvalue weighted by molar-refractivity contribution is 4.87. The molecule has 0 heterocycles. The van der Waals surface area contributed by atoms with Crippen molar-refractivity contribution in [3.05, 3.63) is 0 Å². The highest BCUT2D eigenvalue weighted by Gasteiger charge is 2.37. The third kappa shape index (κ3) is 3.98. The lowest BCUT2D eigenvalue weighted by Crippen LogP contribution is -2.37. The van der Waals surface area contributed by atoms with Crippen LogP contribution < -0.4 is 0 Å². The summed E-state index contributed by atoms with van der Waals surface area (Å²) in [6.07, 6.45) is 17.5. The molecule has 2 fully saturated rings. The Bertz CT molecular complexity index is 196. The van der Waals surface area contributed by atoms with E-state index in [4.69, 9.17) is 0 Å². The minimum atomic E-state index is -0.544. The Hall–Kier alpha value is -0.0400. The molecule has 0 amide bonds. The van der Waals surface area contributed by atoms with Crippen LogP contribution in [0.3, 0.4) is 0 Å². The summed E-state index contributed by atoms with van der Waals surface area (Å²) in [4.78, 5) is 0. The molecule has 1 nitrogen and oxygen atoms in total. The predicted octanol–water partition coefficient (Wildman–Crippen LogP) is 5.26. The fraction of sp³-hybridized carbons (Fsp3) is 1.00. The highest BCUT2D eigenvalue weighted by Crippen LogP contribution is 2.39. The molecule has 0 spiro atoms. The van der Waals surface area contributed by atoms with Crippen LogP contribution in [-0.4, -0.2) is 5.60 Å². The van der Waals surface area contributed by atoms with Gasteiger partial charge in [-0.3, -0.25) is 0 Å². The molecule has 17 heavy (non-hydrogen) atoms. The van der Waals surface area contributed by atoms with E-state index >= 15 is 0 Å². The Morgan fingerprint density at radius 2 is 1.00 bits per heavy atom. The maximum absolute atomic E-state index is 13.1. The summed E-state index contributed by atoms with van der Waals surface area (Å²) in [5.74, 6) is 0.501. The van der Waals surface area contributed by atoms with Gasteiger partial charge in [-0.05, 0) is 31.6 Å². The van der Waals surface area contributed by atoms with E-state index in [1.165, 1.54) is 77.0 Å². The van der Waals surface area contributed by atoms with E-state index in [1.807, 2.05) is 0 Å². The van der Waals surface area contributed by atoms with Crippen molar-refractivity contribution >= 4 is 0 Å². The van der Waals surface area contributed by atoms with Crippen molar-refractivity contribution in [1.82, 2.24) is 0 Å². The molecule has 0 aromatic carbocycles. The first-order chi connectivity index (χ1) is 8.31. The quantitative estimate of drug-likeness (QED) is 0.593. The van der Waals surface area contributed by atoms with E-state index in [-0.39, 0.29) is 0 Å². The van der Waals surface area contributed by atoms with Crippen molar-refractivity contribution < 1.29 is 5.11 Å². The number of hydrogen-bond donors (Lipinski definition) is 0. The van der Waals surface area contributed by atoms with Gasteiger partial charge in [-0.2, -0.15) is 0 Å². The molecule has 2 aliphatic carbocycles. The summed E-state index contributed by atoms with van der Waals surface area (Å²) < 4.78 is 0. The van der Waals surface area contributed by atoms with Gasteiger partial charge in [0.1, 0.15) is 5.60 Å². The monoisotopic (exact) mass is 237 g/mol. The van der Waals surface area contributed by atoms with Crippen molar-refractivity contribution in [3.8, 4) is 0 Å². The molecule has 2 saturated carbocycles. The van der Waals surface area contributed by atoms with Crippen LogP contribution in [0.2, 0.25) is 0 Å². The Morgan fingerprint density at radius 3 is 1.53 bits per heavy atom. The van der Waals surface area contributed by atoms with Crippen LogP contribution in [0.25, 0.3) is 0 Å². The molecule has 0 bridgehead atoms. The average molecular weight is 237 g/mol. The summed E-state index contributed by atoms with van der Waals surface area (Å²) in [6.45, 7) is 0. The molecule has 1 radical (unpaired) electrons. The minimum absolute atomic E-state index is 0.501. The van der Waals surface area contributed by atoms with E-state index in [9.17, 15) is 5.11 Å². The van der Waals surface area contributed by atoms with Crippen molar-refractivity contribution in [2.75, 3.05) is 0 Å². The van der Waals surface area contributed by atoms with Gasteiger partial charge in [0, 0.05) is 0 Å². The number of rotatable bonds is 1. The van der Waals surface area contributed by atoms with Crippen LogP contribution in [0.1, 0.15) is 89.9 Å². The van der Waals surface area contributed by atoms with Gasteiger partial charge >= 0.3 is 0 Å². The molecule has 0 unspecified atom stereocenters. The third-order valence-electron chi connectivity index (χ3n) is 5.05. The SMILES string of the molecule is [O]C1(C2CCCCCCC2)CCCCCCC1. The first-order valence-corrected chi connectivity index (χ1v) is 8.02. The Balaban J connectivity index is 1.94. The van der Waals surface area contributed by atoms with E-state index in [0.717, 1.165) is 12.8 Å². The Kier molecular flexibility index (Phi) is 5.34. The van der Waals surface area contributed by atoms with Gasteiger partial charge in [-0.1, -0.05) is 64.2 Å². The summed E-state index contributed by atoms with van der Waals surface area (Å²) >= 11 is 0. The molecule has 0 aliphatic heterocycles. The second-order valence-electron chi connectivity index (χ2n) is 6.37. The van der Waals surface area contributed by atoms with Gasteiger partial charge in [-0.25, -0.2) is 5.11 Å². The molecule has 99 valence electrons. The average Bonchev–Trinajstić information content (AvgIpc) is 2.23. The van der Waals surface area contributed by atoms with Crippen LogP contribution in [-0.2, 0) is 5.11 Å². The van der Waals surface area contributed by atoms with Gasteiger partial charge in [0.25, 0.3) is 0 Å². The van der Waals surface area contributed by atoms with E-state index in [1.54, 1.807) is 0 Å². The van der Waals surface area contributed by atoms with E-state index in [0.29, 0.717) is 5.92 Å². The molecule has 0 saturated heterocycles. The zero-order chi connectivity index (χ0) is 12.0. The van der Waals surface area contributed by atoms with Crippen LogP contribution in [0.15, 0.2) is 0 Å². The van der Waals surface area contributed by atoms with Gasteiger partial charge in [-0.15, -0.1) is 0 Å². The highest BCUT2D eigenvalue weighted by atomic mass is 16.3. The third-order valence-corrected chi connectivity index (χ3v) is 5.05. The summed E-state index contributed by atoms with van der Waals surface area (Å²) in [5, 5.41) is 13.1. The summed E-state index contributed by atoms with van der Waals surface area (Å²) in [5.41, 5.74) is -0.544. The molecule has 1 heteroatoms. The smallest absolute Gasteiger partial charge is 0.106 e. The molecule has 2 rings (SSSR count). The fourth-order valence-corrected chi connectivity index (χ4v) is 3.89. The van der Waals surface area contributed by atoms with Crippen LogP contribution in [0, 0.1) is 5.92 Å². The molecular weight excluding hydrogens is 208 g/mol. The Labute approximate surface area is 107 Å². The van der Waals surface area contributed by atoms with Crippen LogP contribution in [0.5, 0.6) is 0 Å².